The molecule has 3 rings (SSSR count). The van der Waals surface area contributed by atoms with Crippen LogP contribution in [0.5, 0.6) is 5.75 Å². The van der Waals surface area contributed by atoms with Gasteiger partial charge in [-0.2, -0.15) is 5.10 Å². The van der Waals surface area contributed by atoms with Gasteiger partial charge < -0.3 is 4.74 Å². The number of benzene rings is 2. The first-order valence-electron chi connectivity index (χ1n) is 6.81. The van der Waals surface area contributed by atoms with E-state index in [9.17, 15) is 8.42 Å². The van der Waals surface area contributed by atoms with Crippen LogP contribution >= 0.6 is 11.6 Å². The molecule has 1 heterocycles. The number of anilines is 1. The van der Waals surface area contributed by atoms with E-state index in [0.29, 0.717) is 11.4 Å². The summed E-state index contributed by atoms with van der Waals surface area (Å²) >= 11 is 5.98. The van der Waals surface area contributed by atoms with Gasteiger partial charge in [0.15, 0.2) is 0 Å². The number of hydrogen-bond acceptors (Lipinski definition) is 5. The zero-order chi connectivity index (χ0) is 17.2. The van der Waals surface area contributed by atoms with Crippen molar-refractivity contribution in [3.63, 3.8) is 0 Å². The first-order valence-corrected chi connectivity index (χ1v) is 8.67. The predicted octanol–water partition coefficient (Wildman–Crippen LogP) is 2.73. The van der Waals surface area contributed by atoms with Crippen LogP contribution < -0.4 is 9.46 Å². The Kier molecular flexibility index (Phi) is 4.41. The molecule has 0 saturated carbocycles. The molecule has 3 aromatic rings. The molecule has 0 fully saturated rings. The number of halogens is 1. The molecule has 1 aromatic heterocycles. The Morgan fingerprint density at radius 2 is 1.92 bits per heavy atom. The maximum atomic E-state index is 12.4. The van der Waals surface area contributed by atoms with Crippen LogP contribution in [0, 0.1) is 0 Å². The number of sulfonamides is 1. The first kappa shape index (κ1) is 16.3. The number of nitrogens with one attached hydrogen (secondary N) is 1. The third-order valence-corrected chi connectivity index (χ3v) is 4.91. The fourth-order valence-electron chi connectivity index (χ4n) is 2.05. The summed E-state index contributed by atoms with van der Waals surface area (Å²) in [7, 11) is -2.29. The summed E-state index contributed by atoms with van der Waals surface area (Å²) in [6.45, 7) is 0. The van der Waals surface area contributed by atoms with E-state index >= 15 is 0 Å². The summed E-state index contributed by atoms with van der Waals surface area (Å²) in [6.07, 6.45) is 2.97. The summed E-state index contributed by atoms with van der Waals surface area (Å²) < 4.78 is 33.9. The lowest BCUT2D eigenvalue weighted by Gasteiger charge is -2.10. The zero-order valence-corrected chi connectivity index (χ0v) is 14.1. The van der Waals surface area contributed by atoms with Gasteiger partial charge in [-0.05, 0) is 42.5 Å². The third kappa shape index (κ3) is 3.34. The van der Waals surface area contributed by atoms with Crippen LogP contribution in [0.3, 0.4) is 0 Å². The molecule has 7 nitrogen and oxygen atoms in total. The fourth-order valence-corrected chi connectivity index (χ4v) is 3.46. The number of rotatable bonds is 5. The Hall–Kier alpha value is -2.58. The van der Waals surface area contributed by atoms with Crippen LogP contribution in [-0.2, 0) is 10.0 Å². The van der Waals surface area contributed by atoms with E-state index in [0.717, 1.165) is 5.69 Å². The van der Waals surface area contributed by atoms with E-state index in [4.69, 9.17) is 16.3 Å². The molecule has 0 saturated heterocycles. The lowest BCUT2D eigenvalue weighted by molar-refractivity contribution is 0.414. The van der Waals surface area contributed by atoms with E-state index in [1.807, 2.05) is 0 Å². The molecule has 24 heavy (non-hydrogen) atoms. The highest BCUT2D eigenvalue weighted by Gasteiger charge is 2.16. The largest absolute Gasteiger partial charge is 0.495 e. The highest BCUT2D eigenvalue weighted by molar-refractivity contribution is 7.92. The lowest BCUT2D eigenvalue weighted by atomic mass is 10.3. The van der Waals surface area contributed by atoms with Gasteiger partial charge in [0.1, 0.15) is 18.4 Å². The highest BCUT2D eigenvalue weighted by Crippen LogP contribution is 2.28. The number of methoxy groups -OCH3 is 1. The van der Waals surface area contributed by atoms with Crippen LogP contribution in [0.15, 0.2) is 60.0 Å². The second-order valence-corrected chi connectivity index (χ2v) is 6.88. The molecule has 124 valence electrons. The minimum Gasteiger partial charge on any atom is -0.495 e. The lowest BCUT2D eigenvalue weighted by Crippen LogP contribution is -2.13. The molecule has 0 aliphatic carbocycles. The van der Waals surface area contributed by atoms with Crippen LogP contribution in [0.1, 0.15) is 0 Å². The summed E-state index contributed by atoms with van der Waals surface area (Å²) in [4.78, 5) is 3.91. The Labute approximate surface area is 143 Å². The van der Waals surface area contributed by atoms with Crippen molar-refractivity contribution in [1.29, 1.82) is 0 Å². The minimum absolute atomic E-state index is 0.0497. The van der Waals surface area contributed by atoms with E-state index in [2.05, 4.69) is 14.8 Å². The van der Waals surface area contributed by atoms with Crippen molar-refractivity contribution in [3.8, 4) is 11.4 Å². The van der Waals surface area contributed by atoms with Crippen molar-refractivity contribution in [2.24, 2.45) is 0 Å². The number of nitrogens with zero attached hydrogens (tertiary/aromatic N) is 3. The van der Waals surface area contributed by atoms with Crippen LogP contribution in [0.2, 0.25) is 5.02 Å². The summed E-state index contributed by atoms with van der Waals surface area (Å²) in [6, 6.07) is 11.0. The van der Waals surface area contributed by atoms with Gasteiger partial charge in [0, 0.05) is 5.69 Å². The normalized spacial score (nSPS) is 11.2. The smallest absolute Gasteiger partial charge is 0.261 e. The molecule has 0 aliphatic rings. The minimum atomic E-state index is -3.75. The topological polar surface area (TPSA) is 86.1 Å². The van der Waals surface area contributed by atoms with Crippen molar-refractivity contribution in [2.45, 2.75) is 4.90 Å². The van der Waals surface area contributed by atoms with Crippen molar-refractivity contribution >= 4 is 27.3 Å². The van der Waals surface area contributed by atoms with Gasteiger partial charge in [-0.25, -0.2) is 18.1 Å². The van der Waals surface area contributed by atoms with E-state index in [1.165, 1.54) is 31.6 Å². The maximum Gasteiger partial charge on any atom is 0.261 e. The van der Waals surface area contributed by atoms with E-state index in [-0.39, 0.29) is 9.92 Å². The van der Waals surface area contributed by atoms with Gasteiger partial charge >= 0.3 is 0 Å². The highest BCUT2D eigenvalue weighted by atomic mass is 35.5. The molecule has 0 unspecified atom stereocenters. The first-order chi connectivity index (χ1) is 11.5. The Morgan fingerprint density at radius 3 is 2.50 bits per heavy atom. The molecule has 0 bridgehead atoms. The average molecular weight is 365 g/mol. The molecule has 2 aromatic carbocycles. The summed E-state index contributed by atoms with van der Waals surface area (Å²) in [5.41, 5.74) is 1.19. The summed E-state index contributed by atoms with van der Waals surface area (Å²) in [5, 5.41) is 4.23. The van der Waals surface area contributed by atoms with Crippen LogP contribution in [0.25, 0.3) is 5.69 Å². The van der Waals surface area contributed by atoms with Gasteiger partial charge in [0.25, 0.3) is 10.0 Å². The fraction of sp³-hybridized carbons (Fsp3) is 0.0667. The molecular formula is C15H13ClN4O3S. The Bertz CT molecular complexity index is 941. The number of aromatic nitrogens is 3. The van der Waals surface area contributed by atoms with Gasteiger partial charge in [-0.1, -0.05) is 11.6 Å². The predicted molar refractivity (Wildman–Crippen MR) is 90.2 cm³/mol. The quantitative estimate of drug-likeness (QED) is 0.752. The molecule has 9 heteroatoms. The van der Waals surface area contributed by atoms with Gasteiger partial charge in [0.05, 0.1) is 22.7 Å². The standard InChI is InChI=1S/C15H13ClN4O3S/c1-23-15-7-6-13(8-14(15)16)24(21,22)19-11-2-4-12(5-3-11)20-10-17-9-18-20/h2-10,19H,1H3. The van der Waals surface area contributed by atoms with Crippen molar-refractivity contribution in [3.05, 3.63) is 60.1 Å². The molecule has 0 atom stereocenters. The Morgan fingerprint density at radius 1 is 1.17 bits per heavy atom. The van der Waals surface area contributed by atoms with Crippen LogP contribution in [0.4, 0.5) is 5.69 Å². The average Bonchev–Trinajstić information content (AvgIpc) is 3.09. The van der Waals surface area contributed by atoms with E-state index in [1.54, 1.807) is 35.3 Å². The molecule has 0 amide bonds. The molecule has 0 aliphatic heterocycles. The SMILES string of the molecule is COc1ccc(S(=O)(=O)Nc2ccc(-n3cncn3)cc2)cc1Cl. The van der Waals surface area contributed by atoms with E-state index < -0.39 is 10.0 Å². The van der Waals surface area contributed by atoms with Crippen LogP contribution in [-0.4, -0.2) is 30.3 Å². The molecule has 1 N–H and O–H groups in total. The van der Waals surface area contributed by atoms with Crippen molar-refractivity contribution in [1.82, 2.24) is 14.8 Å². The third-order valence-electron chi connectivity index (χ3n) is 3.24. The van der Waals surface area contributed by atoms with Gasteiger partial charge in [-0.3, -0.25) is 4.72 Å². The van der Waals surface area contributed by atoms with Crippen molar-refractivity contribution in [2.75, 3.05) is 11.8 Å². The molecule has 0 spiro atoms. The zero-order valence-electron chi connectivity index (χ0n) is 12.5. The Balaban J connectivity index is 1.83. The second-order valence-electron chi connectivity index (χ2n) is 4.79. The second kappa shape index (κ2) is 6.50. The monoisotopic (exact) mass is 364 g/mol. The number of ether oxygens (including phenoxy) is 1. The summed E-state index contributed by atoms with van der Waals surface area (Å²) in [5.74, 6) is 0.410. The maximum absolute atomic E-state index is 12.4. The molecular weight excluding hydrogens is 352 g/mol. The van der Waals surface area contributed by atoms with Crippen molar-refractivity contribution < 1.29 is 13.2 Å². The number of hydrogen-bond donors (Lipinski definition) is 1. The molecule has 0 radical (unpaired) electrons. The van der Waals surface area contributed by atoms with Gasteiger partial charge in [-0.15, -0.1) is 0 Å². The van der Waals surface area contributed by atoms with Gasteiger partial charge in [0.2, 0.25) is 0 Å².